The smallest absolute Gasteiger partial charge is 0.269 e. The minimum atomic E-state index is -0.960. The molecule has 0 spiro atoms. The summed E-state index contributed by atoms with van der Waals surface area (Å²) in [4.78, 5) is 55.3. The summed E-state index contributed by atoms with van der Waals surface area (Å²) in [6.45, 7) is 3.80. The number of nitrogens with zero attached hydrogens (tertiary/aromatic N) is 3. The van der Waals surface area contributed by atoms with Crippen LogP contribution in [0.4, 0.5) is 22.7 Å². The van der Waals surface area contributed by atoms with Crippen molar-refractivity contribution in [1.82, 2.24) is 0 Å². The molecule has 9 nitrogen and oxygen atoms in total. The summed E-state index contributed by atoms with van der Waals surface area (Å²) in [6.07, 6.45) is 3.83. The van der Waals surface area contributed by atoms with Crippen molar-refractivity contribution in [3.63, 3.8) is 0 Å². The molecule has 1 N–H and O–H groups in total. The molecule has 0 bridgehead atoms. The molecule has 3 aliphatic rings. The molecule has 2 saturated heterocycles. The van der Waals surface area contributed by atoms with Crippen molar-refractivity contribution in [1.29, 1.82) is 0 Å². The predicted octanol–water partition coefficient (Wildman–Crippen LogP) is 4.24. The topological polar surface area (TPSA) is 113 Å². The van der Waals surface area contributed by atoms with Crippen molar-refractivity contribution in [2.45, 2.75) is 25.9 Å². The lowest BCUT2D eigenvalue weighted by Gasteiger charge is -2.36. The van der Waals surface area contributed by atoms with Gasteiger partial charge in [-0.15, -0.1) is 0 Å². The number of imide groups is 1. The maximum absolute atomic E-state index is 14.0. The van der Waals surface area contributed by atoms with Crippen LogP contribution in [0, 0.1) is 35.8 Å². The van der Waals surface area contributed by atoms with Crippen molar-refractivity contribution < 1.29 is 19.3 Å². The summed E-state index contributed by atoms with van der Waals surface area (Å²) in [5.41, 5.74) is 4.29. The van der Waals surface area contributed by atoms with E-state index in [9.17, 15) is 24.5 Å². The Morgan fingerprint density at radius 2 is 1.63 bits per heavy atom. The molecule has 0 aromatic heterocycles. The first-order valence-electron chi connectivity index (χ1n) is 12.3. The van der Waals surface area contributed by atoms with Crippen molar-refractivity contribution in [3.05, 3.63) is 99.6 Å². The maximum Gasteiger partial charge on any atom is 0.269 e. The van der Waals surface area contributed by atoms with Gasteiger partial charge in [0.1, 0.15) is 6.04 Å². The van der Waals surface area contributed by atoms with Gasteiger partial charge in [-0.1, -0.05) is 48.0 Å². The monoisotopic (exact) mass is 508 g/mol. The Balaban J connectivity index is 1.42. The van der Waals surface area contributed by atoms with Crippen LogP contribution in [0.5, 0.6) is 0 Å². The number of aryl methyl sites for hydroxylation is 2. The number of hydrogen-bond acceptors (Lipinski definition) is 6. The highest BCUT2D eigenvalue weighted by Gasteiger charge is 2.64. The van der Waals surface area contributed by atoms with Crippen LogP contribution >= 0.6 is 0 Å². The maximum atomic E-state index is 14.0. The summed E-state index contributed by atoms with van der Waals surface area (Å²) < 4.78 is 0. The van der Waals surface area contributed by atoms with Crippen LogP contribution in [0.2, 0.25) is 0 Å². The average Bonchev–Trinajstić information content (AvgIpc) is 3.37. The van der Waals surface area contributed by atoms with Crippen molar-refractivity contribution in [2.24, 2.45) is 11.8 Å². The fourth-order valence-corrected chi connectivity index (χ4v) is 5.99. The van der Waals surface area contributed by atoms with Gasteiger partial charge in [-0.05, 0) is 49.2 Å². The van der Waals surface area contributed by atoms with E-state index in [-0.39, 0.29) is 11.6 Å². The molecule has 9 heteroatoms. The number of anilines is 3. The number of hydrogen-bond donors (Lipinski definition) is 1. The van der Waals surface area contributed by atoms with Crippen LogP contribution in [0.3, 0.4) is 0 Å². The fourth-order valence-electron chi connectivity index (χ4n) is 5.99. The minimum Gasteiger partial charge on any atom is -0.351 e. The van der Waals surface area contributed by atoms with E-state index >= 15 is 0 Å². The first kappa shape index (κ1) is 23.6. The number of benzene rings is 3. The van der Waals surface area contributed by atoms with Gasteiger partial charge in [-0.3, -0.25) is 24.5 Å². The second-order valence-electron chi connectivity index (χ2n) is 9.91. The zero-order chi connectivity index (χ0) is 26.7. The normalized spacial score (nSPS) is 23.2. The lowest BCUT2D eigenvalue weighted by Crippen LogP contribution is -2.50. The van der Waals surface area contributed by atoms with Crippen molar-refractivity contribution >= 4 is 46.5 Å². The van der Waals surface area contributed by atoms with Gasteiger partial charge in [-0.25, -0.2) is 4.90 Å². The van der Waals surface area contributed by atoms with Crippen molar-refractivity contribution in [3.8, 4) is 0 Å². The van der Waals surface area contributed by atoms with E-state index in [1.165, 1.54) is 29.2 Å². The zero-order valence-corrected chi connectivity index (χ0v) is 20.7. The second kappa shape index (κ2) is 8.65. The van der Waals surface area contributed by atoms with Crippen molar-refractivity contribution in [2.75, 3.05) is 15.1 Å². The Hall–Kier alpha value is -4.79. The number of nitro benzene ring substituents is 1. The average molecular weight is 509 g/mol. The summed E-state index contributed by atoms with van der Waals surface area (Å²) in [5, 5.41) is 13.9. The molecule has 190 valence electrons. The molecule has 6 rings (SSSR count). The minimum absolute atomic E-state index is 0.0974. The third kappa shape index (κ3) is 3.50. The van der Waals surface area contributed by atoms with Crippen LogP contribution in [-0.4, -0.2) is 34.7 Å². The molecule has 0 radical (unpaired) electrons. The standard InChI is InChI=1S/C29H24N4O5/c1-16-7-13-21(17(2)15-16)32-28(35)24-23-14-8-18-5-3-4-6-22(18)31(23)26(25(24)29(32)36)27(34)30-19-9-11-20(12-10-19)33(37)38/h3-15,23-26H,1-2H3,(H,30,34)/t23-,24-,25-,26-/m0/s1. The number of para-hydroxylation sites is 1. The molecule has 3 heterocycles. The lowest BCUT2D eigenvalue weighted by atomic mass is 9.88. The lowest BCUT2D eigenvalue weighted by molar-refractivity contribution is -0.384. The number of fused-ring (bicyclic) bond motifs is 5. The largest absolute Gasteiger partial charge is 0.351 e. The number of non-ortho nitro benzene ring substituents is 1. The number of carbonyl (C=O) groups is 3. The summed E-state index contributed by atoms with van der Waals surface area (Å²) in [6, 6.07) is 17.2. The number of nitrogens with one attached hydrogen (secondary N) is 1. The number of nitro groups is 1. The van der Waals surface area contributed by atoms with Crippen LogP contribution in [-0.2, 0) is 14.4 Å². The number of carbonyl (C=O) groups excluding carboxylic acids is 3. The van der Waals surface area contributed by atoms with Gasteiger partial charge in [0.05, 0.1) is 28.5 Å². The van der Waals surface area contributed by atoms with Gasteiger partial charge in [-0.2, -0.15) is 0 Å². The van der Waals surface area contributed by atoms with E-state index in [2.05, 4.69) is 5.32 Å². The van der Waals surface area contributed by atoms with E-state index < -0.39 is 40.7 Å². The molecule has 0 aliphatic carbocycles. The molecule has 3 amide bonds. The van der Waals surface area contributed by atoms with E-state index in [0.717, 1.165) is 22.4 Å². The number of rotatable bonds is 4. The fraction of sp³-hybridized carbons (Fsp3) is 0.207. The summed E-state index contributed by atoms with van der Waals surface area (Å²) in [5.74, 6) is -2.82. The quantitative estimate of drug-likeness (QED) is 0.320. The van der Waals surface area contributed by atoms with E-state index in [0.29, 0.717) is 11.4 Å². The SMILES string of the molecule is Cc1ccc(N2C(=O)[C@@H]3[C@H](C2=O)[C@@H](C(=O)Nc2ccc([N+](=O)[O-])cc2)N2c4ccccc4C=C[C@@H]32)c(C)c1. The van der Waals surface area contributed by atoms with E-state index in [1.54, 1.807) is 6.07 Å². The Morgan fingerprint density at radius 3 is 2.34 bits per heavy atom. The Kier molecular flexibility index (Phi) is 5.37. The van der Waals surface area contributed by atoms with Crippen LogP contribution in [0.1, 0.15) is 16.7 Å². The molecule has 0 saturated carbocycles. The van der Waals surface area contributed by atoms with Gasteiger partial charge < -0.3 is 10.2 Å². The van der Waals surface area contributed by atoms with Gasteiger partial charge in [0, 0.05) is 23.5 Å². The van der Waals surface area contributed by atoms with Crippen LogP contribution in [0.15, 0.2) is 72.8 Å². The highest BCUT2D eigenvalue weighted by atomic mass is 16.6. The first-order valence-corrected chi connectivity index (χ1v) is 12.3. The summed E-state index contributed by atoms with van der Waals surface area (Å²) in [7, 11) is 0. The predicted molar refractivity (Wildman–Crippen MR) is 143 cm³/mol. The molecule has 3 aliphatic heterocycles. The molecular weight excluding hydrogens is 484 g/mol. The third-order valence-electron chi connectivity index (χ3n) is 7.62. The van der Waals surface area contributed by atoms with E-state index in [4.69, 9.17) is 0 Å². The Bertz CT molecular complexity index is 1550. The van der Waals surface area contributed by atoms with Crippen LogP contribution < -0.4 is 15.1 Å². The molecule has 2 fully saturated rings. The highest BCUT2D eigenvalue weighted by molar-refractivity contribution is 6.25. The third-order valence-corrected chi connectivity index (χ3v) is 7.62. The van der Waals surface area contributed by atoms with E-state index in [1.807, 2.05) is 67.3 Å². The molecular formula is C29H24N4O5. The van der Waals surface area contributed by atoms with Crippen LogP contribution in [0.25, 0.3) is 6.08 Å². The second-order valence-corrected chi connectivity index (χ2v) is 9.91. The molecule has 38 heavy (non-hydrogen) atoms. The first-order chi connectivity index (χ1) is 18.3. The van der Waals surface area contributed by atoms with Gasteiger partial charge in [0.15, 0.2) is 0 Å². The Morgan fingerprint density at radius 1 is 0.921 bits per heavy atom. The van der Waals surface area contributed by atoms with Gasteiger partial charge >= 0.3 is 0 Å². The molecule has 3 aromatic carbocycles. The van der Waals surface area contributed by atoms with Gasteiger partial charge in [0.2, 0.25) is 17.7 Å². The number of amides is 3. The summed E-state index contributed by atoms with van der Waals surface area (Å²) >= 11 is 0. The Labute approximate surface area is 218 Å². The van der Waals surface area contributed by atoms with Gasteiger partial charge in [0.25, 0.3) is 5.69 Å². The molecule has 4 atom stereocenters. The highest BCUT2D eigenvalue weighted by Crippen LogP contribution is 2.49. The molecule has 0 unspecified atom stereocenters. The zero-order valence-electron chi connectivity index (χ0n) is 20.7. The molecule has 3 aromatic rings.